The fourth-order valence-electron chi connectivity index (χ4n) is 12.1. The Labute approximate surface area is 240 Å². The van der Waals surface area contributed by atoms with E-state index in [4.69, 9.17) is 9.84 Å². The Morgan fingerprint density at radius 3 is 2.12 bits per heavy atom. The van der Waals surface area contributed by atoms with E-state index >= 15 is 0 Å². The lowest BCUT2D eigenvalue weighted by Crippen LogP contribution is -2.67. The number of esters is 1. The van der Waals surface area contributed by atoms with Crippen molar-refractivity contribution in [3.63, 3.8) is 0 Å². The minimum absolute atomic E-state index is 0.0749. The predicted octanol–water partition coefficient (Wildman–Crippen LogP) is 7.51. The van der Waals surface area contributed by atoms with Gasteiger partial charge in [-0.3, -0.25) is 14.4 Å². The van der Waals surface area contributed by atoms with Crippen molar-refractivity contribution >= 4 is 17.9 Å². The van der Waals surface area contributed by atoms with E-state index in [0.29, 0.717) is 23.7 Å². The molecule has 40 heavy (non-hydrogen) atoms. The topological polar surface area (TPSA) is 101 Å². The molecule has 0 heterocycles. The molecule has 0 aromatic heterocycles. The van der Waals surface area contributed by atoms with E-state index in [2.05, 4.69) is 48.1 Å². The molecule has 6 heteroatoms. The maximum absolute atomic E-state index is 12.9. The quantitative estimate of drug-likeness (QED) is 0.259. The van der Waals surface area contributed by atoms with Crippen LogP contribution in [0.15, 0.2) is 12.2 Å². The molecule has 0 aromatic carbocycles. The van der Waals surface area contributed by atoms with Crippen LogP contribution in [0.5, 0.6) is 0 Å². The van der Waals surface area contributed by atoms with Crippen molar-refractivity contribution in [2.45, 2.75) is 125 Å². The first-order valence-corrected chi connectivity index (χ1v) is 15.8. The van der Waals surface area contributed by atoms with Gasteiger partial charge in [-0.2, -0.15) is 0 Å². The molecule has 5 rings (SSSR count). The molecule has 0 saturated heterocycles. The number of carbonyl (C=O) groups is 3. The van der Waals surface area contributed by atoms with Crippen LogP contribution in [0.1, 0.15) is 119 Å². The van der Waals surface area contributed by atoms with Gasteiger partial charge in [-0.15, -0.1) is 0 Å². The Bertz CT molecular complexity index is 1090. The van der Waals surface area contributed by atoms with Crippen molar-refractivity contribution in [2.75, 3.05) is 0 Å². The maximum Gasteiger partial charge on any atom is 0.309 e. The van der Waals surface area contributed by atoms with E-state index in [1.165, 1.54) is 5.57 Å². The molecule has 224 valence electrons. The Morgan fingerprint density at radius 1 is 0.800 bits per heavy atom. The summed E-state index contributed by atoms with van der Waals surface area (Å²) in [5.41, 5.74) is 0.734. The number of carboxylic acids is 2. The number of allylic oxidation sites excluding steroid dienone is 1. The van der Waals surface area contributed by atoms with Gasteiger partial charge in [0.1, 0.15) is 6.10 Å². The summed E-state index contributed by atoms with van der Waals surface area (Å²) in [5, 5.41) is 19.6. The minimum Gasteiger partial charge on any atom is -0.481 e. The summed E-state index contributed by atoms with van der Waals surface area (Å²) in [6.07, 6.45) is 9.33. The van der Waals surface area contributed by atoms with Gasteiger partial charge in [0.05, 0.1) is 18.3 Å². The molecule has 0 spiro atoms. The molecule has 0 unspecified atom stereocenters. The van der Waals surface area contributed by atoms with Crippen LogP contribution in [-0.4, -0.2) is 34.2 Å². The summed E-state index contributed by atoms with van der Waals surface area (Å²) in [5.74, 6) is -0.0961. The first-order chi connectivity index (χ1) is 18.5. The Hall–Kier alpha value is -1.85. The Kier molecular flexibility index (Phi) is 7.11. The minimum atomic E-state index is -0.974. The predicted molar refractivity (Wildman–Crippen MR) is 153 cm³/mol. The molecule has 5 saturated carbocycles. The van der Waals surface area contributed by atoms with E-state index in [-0.39, 0.29) is 46.5 Å². The third-order valence-corrected chi connectivity index (χ3v) is 14.2. The second kappa shape index (κ2) is 9.59. The van der Waals surface area contributed by atoms with Gasteiger partial charge in [0, 0.05) is 5.41 Å². The summed E-state index contributed by atoms with van der Waals surface area (Å²) in [7, 11) is 0. The van der Waals surface area contributed by atoms with Crippen molar-refractivity contribution in [2.24, 2.45) is 56.7 Å². The van der Waals surface area contributed by atoms with Crippen molar-refractivity contribution in [1.29, 1.82) is 0 Å². The van der Waals surface area contributed by atoms with Gasteiger partial charge in [-0.1, -0.05) is 46.8 Å². The molecule has 0 radical (unpaired) electrons. The Balaban J connectivity index is 1.43. The molecule has 6 nitrogen and oxygen atoms in total. The second-order valence-corrected chi connectivity index (χ2v) is 15.9. The molecule has 10 atom stereocenters. The number of aliphatic carboxylic acids is 2. The van der Waals surface area contributed by atoms with Crippen LogP contribution >= 0.6 is 0 Å². The van der Waals surface area contributed by atoms with E-state index in [1.54, 1.807) is 0 Å². The lowest BCUT2D eigenvalue weighted by molar-refractivity contribution is -0.250. The van der Waals surface area contributed by atoms with Crippen molar-refractivity contribution in [3.05, 3.63) is 12.2 Å². The van der Waals surface area contributed by atoms with Gasteiger partial charge in [0.25, 0.3) is 0 Å². The second-order valence-electron chi connectivity index (χ2n) is 15.9. The number of hydrogen-bond acceptors (Lipinski definition) is 4. The van der Waals surface area contributed by atoms with Gasteiger partial charge in [0.2, 0.25) is 0 Å². The zero-order valence-corrected chi connectivity index (χ0v) is 25.7. The molecule has 5 fully saturated rings. The molecule has 0 aromatic rings. The largest absolute Gasteiger partial charge is 0.481 e. The number of carboxylic acid groups (broad SMARTS) is 2. The summed E-state index contributed by atoms with van der Waals surface area (Å²) in [6, 6.07) is 0. The lowest BCUT2D eigenvalue weighted by atomic mass is 9.32. The van der Waals surface area contributed by atoms with E-state index < -0.39 is 23.3 Å². The molecule has 0 bridgehead atoms. The van der Waals surface area contributed by atoms with E-state index in [9.17, 15) is 19.5 Å². The monoisotopic (exact) mass is 556 g/mol. The highest BCUT2D eigenvalue weighted by Crippen LogP contribution is 2.77. The number of ether oxygens (including phenoxy) is 1. The van der Waals surface area contributed by atoms with Crippen molar-refractivity contribution in [1.82, 2.24) is 0 Å². The average molecular weight is 557 g/mol. The molecule has 5 aliphatic carbocycles. The molecule has 0 amide bonds. The average Bonchev–Trinajstić information content (AvgIpc) is 3.26. The smallest absolute Gasteiger partial charge is 0.309 e. The third kappa shape index (κ3) is 3.96. The van der Waals surface area contributed by atoms with Crippen LogP contribution in [0, 0.1) is 56.7 Å². The Morgan fingerprint density at radius 2 is 1.50 bits per heavy atom. The summed E-state index contributed by atoms with van der Waals surface area (Å²) < 4.78 is 5.97. The van der Waals surface area contributed by atoms with E-state index in [0.717, 1.165) is 64.2 Å². The fourth-order valence-corrected chi connectivity index (χ4v) is 12.1. The first kappa shape index (κ1) is 29.6. The van der Waals surface area contributed by atoms with Gasteiger partial charge >= 0.3 is 17.9 Å². The number of carbonyl (C=O) groups excluding carboxylic acids is 1. The summed E-state index contributed by atoms with van der Waals surface area (Å²) in [6.45, 7) is 18.6. The third-order valence-electron chi connectivity index (χ3n) is 14.2. The maximum atomic E-state index is 12.9. The van der Waals surface area contributed by atoms with Crippen LogP contribution in [-0.2, 0) is 19.1 Å². The van der Waals surface area contributed by atoms with Crippen LogP contribution in [0.3, 0.4) is 0 Å². The van der Waals surface area contributed by atoms with Gasteiger partial charge in [-0.25, -0.2) is 0 Å². The highest BCUT2D eigenvalue weighted by atomic mass is 16.5. The number of hydrogen-bond donors (Lipinski definition) is 2. The van der Waals surface area contributed by atoms with Crippen LogP contribution in [0.4, 0.5) is 0 Å². The standard InChI is InChI=1S/C34H52O6/c1-20(2)21-12-17-34(29(38)39)19-18-32(6)22(28(21)34)8-9-24-31(5)15-14-25(40-27(37)11-10-26(35)36)30(3,4)23(31)13-16-33(24,32)7/h21-25,28H,1,8-19H2,2-7H3,(H,35,36)(H,38,39)/t21-,22+,23-,24-,25-,28-,31-,32+,33+,34-/m0/s1. The first-order valence-electron chi connectivity index (χ1n) is 15.8. The highest BCUT2D eigenvalue weighted by molar-refractivity contribution is 5.77. The molecular weight excluding hydrogens is 504 g/mol. The zero-order valence-electron chi connectivity index (χ0n) is 25.7. The van der Waals surface area contributed by atoms with Gasteiger partial charge in [0.15, 0.2) is 0 Å². The fraction of sp³-hybridized carbons (Fsp3) is 0.853. The summed E-state index contributed by atoms with van der Waals surface area (Å²) >= 11 is 0. The van der Waals surface area contributed by atoms with Crippen molar-refractivity contribution in [3.8, 4) is 0 Å². The zero-order chi connectivity index (χ0) is 29.5. The van der Waals surface area contributed by atoms with E-state index in [1.807, 2.05) is 0 Å². The highest BCUT2D eigenvalue weighted by Gasteiger charge is 2.72. The lowest BCUT2D eigenvalue weighted by Gasteiger charge is -2.72. The SMILES string of the molecule is C=C(C)[C@@H]1CC[C@]2(C(=O)O)CC[C@]3(C)[C@H](CC[C@H]4[C@@]5(C)CC[C@H](OC(=O)CCC(=O)O)C(C)(C)[C@@H]5CC[C@]43C)[C@H]12. The summed E-state index contributed by atoms with van der Waals surface area (Å²) in [4.78, 5) is 36.4. The number of rotatable bonds is 6. The molecular formula is C34H52O6. The normalized spacial score (nSPS) is 47.1. The van der Waals surface area contributed by atoms with Crippen LogP contribution < -0.4 is 0 Å². The molecule has 0 aliphatic heterocycles. The number of fused-ring (bicyclic) bond motifs is 7. The van der Waals surface area contributed by atoms with Gasteiger partial charge in [-0.05, 0) is 117 Å². The van der Waals surface area contributed by atoms with Gasteiger partial charge < -0.3 is 14.9 Å². The van der Waals surface area contributed by atoms with Crippen LogP contribution in [0.25, 0.3) is 0 Å². The molecule has 2 N–H and O–H groups in total. The molecule has 5 aliphatic rings. The van der Waals surface area contributed by atoms with Crippen LogP contribution in [0.2, 0.25) is 0 Å². The van der Waals surface area contributed by atoms with Crippen molar-refractivity contribution < 1.29 is 29.3 Å².